The second-order valence-corrected chi connectivity index (χ2v) is 9.88. The molecule has 3 aromatic rings. The molecule has 2 saturated heterocycles. The zero-order valence-electron chi connectivity index (χ0n) is 22.0. The number of amides is 3. The van der Waals surface area contributed by atoms with E-state index in [2.05, 4.69) is 10.6 Å². The van der Waals surface area contributed by atoms with Crippen molar-refractivity contribution >= 4 is 29.1 Å². The molecular formula is C30H31F2N5O3. The molecule has 2 aliphatic heterocycles. The van der Waals surface area contributed by atoms with Crippen molar-refractivity contribution in [3.8, 4) is 0 Å². The fraction of sp³-hybridized carbons (Fsp3) is 0.300. The Kier molecular flexibility index (Phi) is 8.35. The van der Waals surface area contributed by atoms with Crippen LogP contribution in [0.5, 0.6) is 0 Å². The molecule has 2 aliphatic rings. The Morgan fingerprint density at radius 1 is 0.675 bits per heavy atom. The Morgan fingerprint density at radius 2 is 1.30 bits per heavy atom. The Bertz CT molecular complexity index is 1400. The van der Waals surface area contributed by atoms with E-state index in [0.717, 1.165) is 19.0 Å². The molecule has 40 heavy (non-hydrogen) atoms. The summed E-state index contributed by atoms with van der Waals surface area (Å²) in [6.45, 7) is 4.52. The molecule has 5 rings (SSSR count). The minimum Gasteiger partial charge on any atom is -0.366 e. The van der Waals surface area contributed by atoms with E-state index in [1.54, 1.807) is 34.1 Å². The maximum absolute atomic E-state index is 13.8. The third-order valence-electron chi connectivity index (χ3n) is 7.18. The summed E-state index contributed by atoms with van der Waals surface area (Å²) in [5.74, 6) is -1.85. The highest BCUT2D eigenvalue weighted by Crippen LogP contribution is 2.30. The molecule has 8 nitrogen and oxygen atoms in total. The van der Waals surface area contributed by atoms with E-state index >= 15 is 0 Å². The van der Waals surface area contributed by atoms with Crippen molar-refractivity contribution in [2.45, 2.75) is 6.42 Å². The Balaban J connectivity index is 1.37. The fourth-order valence-electron chi connectivity index (χ4n) is 5.06. The summed E-state index contributed by atoms with van der Waals surface area (Å²) in [4.78, 5) is 44.8. The van der Waals surface area contributed by atoms with Gasteiger partial charge in [-0.3, -0.25) is 14.4 Å². The first-order valence-electron chi connectivity index (χ1n) is 13.4. The monoisotopic (exact) mass is 547 g/mol. The summed E-state index contributed by atoms with van der Waals surface area (Å²) >= 11 is 0. The van der Waals surface area contributed by atoms with E-state index in [1.165, 1.54) is 36.4 Å². The molecule has 2 N–H and O–H groups in total. The molecule has 0 atom stereocenters. The highest BCUT2D eigenvalue weighted by molar-refractivity contribution is 6.07. The van der Waals surface area contributed by atoms with Crippen LogP contribution in [-0.4, -0.2) is 79.9 Å². The number of piperazine rings is 1. The van der Waals surface area contributed by atoms with Gasteiger partial charge in [-0.05, 0) is 67.6 Å². The molecule has 3 aromatic carbocycles. The normalized spacial score (nSPS) is 15.9. The van der Waals surface area contributed by atoms with Crippen molar-refractivity contribution in [2.75, 3.05) is 62.6 Å². The lowest BCUT2D eigenvalue weighted by Crippen LogP contribution is -2.49. The van der Waals surface area contributed by atoms with E-state index in [-0.39, 0.29) is 17.4 Å². The predicted octanol–water partition coefficient (Wildman–Crippen LogP) is 3.62. The zero-order chi connectivity index (χ0) is 28.1. The van der Waals surface area contributed by atoms with Crippen LogP contribution in [-0.2, 0) is 0 Å². The first-order chi connectivity index (χ1) is 19.4. The van der Waals surface area contributed by atoms with Gasteiger partial charge >= 0.3 is 0 Å². The van der Waals surface area contributed by atoms with Gasteiger partial charge in [0.15, 0.2) is 0 Å². The quantitative estimate of drug-likeness (QED) is 0.510. The maximum Gasteiger partial charge on any atom is 0.255 e. The van der Waals surface area contributed by atoms with Gasteiger partial charge in [-0.1, -0.05) is 12.1 Å². The molecular weight excluding hydrogens is 516 g/mol. The lowest BCUT2D eigenvalue weighted by molar-refractivity contribution is 0.0743. The molecule has 0 aromatic heterocycles. The number of carbonyl (C=O) groups is 3. The number of hydrogen-bond donors (Lipinski definition) is 2. The minimum absolute atomic E-state index is 0.123. The van der Waals surface area contributed by atoms with Crippen LogP contribution in [0.25, 0.3) is 0 Å². The number of nitrogens with zero attached hydrogens (tertiary/aromatic N) is 3. The summed E-state index contributed by atoms with van der Waals surface area (Å²) in [6.07, 6.45) is 0.853. The third-order valence-corrected chi connectivity index (χ3v) is 7.18. The van der Waals surface area contributed by atoms with Gasteiger partial charge in [0.05, 0.1) is 11.4 Å². The third kappa shape index (κ3) is 6.28. The lowest BCUT2D eigenvalue weighted by atomic mass is 10.1. The fourth-order valence-corrected chi connectivity index (χ4v) is 5.06. The second-order valence-electron chi connectivity index (χ2n) is 9.88. The zero-order valence-corrected chi connectivity index (χ0v) is 22.0. The number of nitrogens with one attached hydrogen (secondary N) is 2. The highest BCUT2D eigenvalue weighted by atomic mass is 19.1. The van der Waals surface area contributed by atoms with Crippen LogP contribution >= 0.6 is 0 Å². The number of carbonyl (C=O) groups excluding carboxylic acids is 3. The highest BCUT2D eigenvalue weighted by Gasteiger charge is 2.26. The van der Waals surface area contributed by atoms with Crippen LogP contribution in [0.2, 0.25) is 0 Å². The number of halogens is 2. The number of benzene rings is 3. The molecule has 0 radical (unpaired) electrons. The summed E-state index contributed by atoms with van der Waals surface area (Å²) in [6, 6.07) is 16.3. The largest absolute Gasteiger partial charge is 0.366 e. The van der Waals surface area contributed by atoms with Crippen LogP contribution < -0.4 is 15.5 Å². The van der Waals surface area contributed by atoms with E-state index in [1.807, 2.05) is 4.90 Å². The van der Waals surface area contributed by atoms with Gasteiger partial charge in [0, 0.05) is 62.5 Å². The van der Waals surface area contributed by atoms with Gasteiger partial charge in [0.2, 0.25) is 0 Å². The molecule has 10 heteroatoms. The summed E-state index contributed by atoms with van der Waals surface area (Å²) in [5, 5.41) is 6.16. The number of anilines is 2. The van der Waals surface area contributed by atoms with Crippen molar-refractivity contribution in [3.05, 3.63) is 95.1 Å². The standard InChI is InChI=1S/C30H31F2N5O3/c31-24-6-1-4-21(18-24)28(38)34-26-20-23(30(40)36-12-3-10-33-11-13-36)8-9-27(26)35-14-16-37(17-15-35)29(39)22-5-2-7-25(32)19-22/h1-2,4-9,18-20,33H,3,10-17H2,(H,34,38). The van der Waals surface area contributed by atoms with Crippen LogP contribution in [0.15, 0.2) is 66.7 Å². The molecule has 2 fully saturated rings. The van der Waals surface area contributed by atoms with Crippen LogP contribution in [0.1, 0.15) is 37.5 Å². The second kappa shape index (κ2) is 12.3. The van der Waals surface area contributed by atoms with E-state index < -0.39 is 17.5 Å². The van der Waals surface area contributed by atoms with Gasteiger partial charge in [-0.25, -0.2) is 8.78 Å². The SMILES string of the molecule is O=C(Nc1cc(C(=O)N2CCCNCC2)ccc1N1CCN(C(=O)c2cccc(F)c2)CC1)c1cccc(F)c1. The van der Waals surface area contributed by atoms with Crippen molar-refractivity contribution in [1.82, 2.24) is 15.1 Å². The van der Waals surface area contributed by atoms with Crippen LogP contribution in [0, 0.1) is 11.6 Å². The van der Waals surface area contributed by atoms with E-state index in [0.29, 0.717) is 68.3 Å². The Labute approximate surface area is 231 Å². The van der Waals surface area contributed by atoms with E-state index in [4.69, 9.17) is 0 Å². The van der Waals surface area contributed by atoms with Gasteiger partial charge in [-0.2, -0.15) is 0 Å². The lowest BCUT2D eigenvalue weighted by Gasteiger charge is -2.37. The van der Waals surface area contributed by atoms with E-state index in [9.17, 15) is 23.2 Å². The molecule has 0 unspecified atom stereocenters. The maximum atomic E-state index is 13.8. The predicted molar refractivity (Wildman–Crippen MR) is 149 cm³/mol. The average Bonchev–Trinajstić information content (AvgIpc) is 3.26. The van der Waals surface area contributed by atoms with Gasteiger partial charge in [0.25, 0.3) is 17.7 Å². The smallest absolute Gasteiger partial charge is 0.255 e. The van der Waals surface area contributed by atoms with Gasteiger partial charge < -0.3 is 25.3 Å². The summed E-state index contributed by atoms with van der Waals surface area (Å²) in [5.41, 5.74) is 2.02. The van der Waals surface area contributed by atoms with Crippen LogP contribution in [0.3, 0.4) is 0 Å². The minimum atomic E-state index is -0.523. The Morgan fingerprint density at radius 3 is 2.00 bits per heavy atom. The number of rotatable bonds is 5. The number of hydrogen-bond acceptors (Lipinski definition) is 5. The summed E-state index contributed by atoms with van der Waals surface area (Å²) in [7, 11) is 0. The molecule has 0 spiro atoms. The first-order valence-corrected chi connectivity index (χ1v) is 13.4. The molecule has 0 saturated carbocycles. The first kappa shape index (κ1) is 27.3. The van der Waals surface area contributed by atoms with Crippen molar-refractivity contribution in [1.29, 1.82) is 0 Å². The Hall–Kier alpha value is -4.31. The molecule has 0 aliphatic carbocycles. The summed E-state index contributed by atoms with van der Waals surface area (Å²) < 4.78 is 27.4. The molecule has 208 valence electrons. The molecule has 2 heterocycles. The van der Waals surface area contributed by atoms with Gasteiger partial charge in [0.1, 0.15) is 11.6 Å². The van der Waals surface area contributed by atoms with Crippen LogP contribution in [0.4, 0.5) is 20.2 Å². The molecule has 0 bridgehead atoms. The van der Waals surface area contributed by atoms with Crippen molar-refractivity contribution < 1.29 is 23.2 Å². The van der Waals surface area contributed by atoms with Crippen molar-refractivity contribution in [3.63, 3.8) is 0 Å². The van der Waals surface area contributed by atoms with Crippen molar-refractivity contribution in [2.24, 2.45) is 0 Å². The van der Waals surface area contributed by atoms with Gasteiger partial charge in [-0.15, -0.1) is 0 Å². The topological polar surface area (TPSA) is 85.0 Å². The molecule has 3 amide bonds. The average molecular weight is 548 g/mol.